The summed E-state index contributed by atoms with van der Waals surface area (Å²) in [6.45, 7) is 0. The molecule has 2 atom stereocenters. The molecular formula is C22H18F4N2O4. The number of aromatic amines is 1. The number of ether oxygens (including phenoxy) is 1. The molecule has 0 amide bonds. The lowest BCUT2D eigenvalue weighted by atomic mass is 9.72. The summed E-state index contributed by atoms with van der Waals surface area (Å²) in [6, 6.07) is 4.65. The number of nitrogens with one attached hydrogen (secondary N) is 1. The van der Waals surface area contributed by atoms with Crippen LogP contribution in [0.1, 0.15) is 52.8 Å². The van der Waals surface area contributed by atoms with E-state index >= 15 is 0 Å². The molecule has 1 aromatic carbocycles. The van der Waals surface area contributed by atoms with Crippen LogP contribution in [-0.2, 0) is 0 Å². The van der Waals surface area contributed by atoms with E-state index in [9.17, 15) is 32.3 Å². The zero-order valence-corrected chi connectivity index (χ0v) is 16.8. The molecule has 0 aliphatic heterocycles. The van der Waals surface area contributed by atoms with Crippen molar-refractivity contribution >= 4 is 16.9 Å². The van der Waals surface area contributed by atoms with Gasteiger partial charge in [-0.25, -0.2) is 22.9 Å². The maximum Gasteiger partial charge on any atom is 0.355 e. The number of pyridine rings is 2. The number of nitrogens with zero attached hydrogens (tertiary/aromatic N) is 1. The highest BCUT2D eigenvalue weighted by atomic mass is 19.3. The minimum Gasteiger partial charge on any atom is -0.493 e. The van der Waals surface area contributed by atoms with E-state index in [0.29, 0.717) is 0 Å². The van der Waals surface area contributed by atoms with Crippen molar-refractivity contribution in [2.45, 2.75) is 37.0 Å². The molecule has 1 saturated carbocycles. The SMILES string of the molecule is COc1c(C2CCC(F)(F)CC2c2cc(=O)c3c(C(=O)O)nccc3[nH]2)ccc(F)c1F. The molecule has 0 radical (unpaired) electrons. The van der Waals surface area contributed by atoms with Crippen LogP contribution >= 0.6 is 0 Å². The maximum atomic E-state index is 14.4. The van der Waals surface area contributed by atoms with E-state index in [1.165, 1.54) is 18.3 Å². The number of hydrogen-bond acceptors (Lipinski definition) is 4. The van der Waals surface area contributed by atoms with Crippen molar-refractivity contribution in [1.82, 2.24) is 9.97 Å². The average molecular weight is 450 g/mol. The molecule has 2 aromatic heterocycles. The van der Waals surface area contributed by atoms with Crippen molar-refractivity contribution < 1.29 is 32.2 Å². The number of methoxy groups -OCH3 is 1. The molecule has 2 N–H and O–H groups in total. The Morgan fingerprint density at radius 1 is 1.25 bits per heavy atom. The maximum absolute atomic E-state index is 14.4. The van der Waals surface area contributed by atoms with Crippen molar-refractivity contribution in [3.63, 3.8) is 0 Å². The molecule has 0 spiro atoms. The smallest absolute Gasteiger partial charge is 0.355 e. The monoisotopic (exact) mass is 450 g/mol. The minimum atomic E-state index is -3.04. The summed E-state index contributed by atoms with van der Waals surface area (Å²) in [5, 5.41) is 9.12. The van der Waals surface area contributed by atoms with Crippen molar-refractivity contribution in [2.24, 2.45) is 0 Å². The summed E-state index contributed by atoms with van der Waals surface area (Å²) < 4.78 is 61.9. The van der Waals surface area contributed by atoms with Crippen LogP contribution in [0, 0.1) is 11.6 Å². The second-order valence-electron chi connectivity index (χ2n) is 7.77. The first-order valence-corrected chi connectivity index (χ1v) is 9.78. The molecule has 0 bridgehead atoms. The van der Waals surface area contributed by atoms with Gasteiger partial charge >= 0.3 is 5.97 Å². The number of hydrogen-bond donors (Lipinski definition) is 2. The Labute approximate surface area is 178 Å². The molecule has 2 unspecified atom stereocenters. The van der Waals surface area contributed by atoms with Crippen molar-refractivity contribution in [3.05, 3.63) is 69.3 Å². The van der Waals surface area contributed by atoms with Crippen LogP contribution in [-0.4, -0.2) is 34.1 Å². The van der Waals surface area contributed by atoms with E-state index in [-0.39, 0.29) is 34.3 Å². The van der Waals surface area contributed by atoms with E-state index in [0.717, 1.165) is 19.2 Å². The second kappa shape index (κ2) is 7.92. The second-order valence-corrected chi connectivity index (χ2v) is 7.77. The highest BCUT2D eigenvalue weighted by molar-refractivity contribution is 6.00. The van der Waals surface area contributed by atoms with Gasteiger partial charge in [0.2, 0.25) is 11.7 Å². The molecule has 3 aromatic rings. The highest BCUT2D eigenvalue weighted by Gasteiger charge is 2.44. The number of halogens is 4. The van der Waals surface area contributed by atoms with Gasteiger partial charge < -0.3 is 14.8 Å². The summed E-state index contributed by atoms with van der Waals surface area (Å²) in [5.41, 5.74) is -0.660. The number of carbonyl (C=O) groups is 1. The van der Waals surface area contributed by atoms with E-state index in [2.05, 4.69) is 9.97 Å². The minimum absolute atomic E-state index is 0.0596. The largest absolute Gasteiger partial charge is 0.493 e. The van der Waals surface area contributed by atoms with Crippen molar-refractivity contribution in [1.29, 1.82) is 0 Å². The van der Waals surface area contributed by atoms with Gasteiger partial charge in [0.05, 0.1) is 18.0 Å². The predicted octanol–water partition coefficient (Wildman–Crippen LogP) is 4.59. The van der Waals surface area contributed by atoms with Gasteiger partial charge in [0.25, 0.3) is 0 Å². The fraction of sp³-hybridized carbons (Fsp3) is 0.318. The number of aromatic carboxylic acids is 1. The molecule has 1 aliphatic carbocycles. The van der Waals surface area contributed by atoms with E-state index in [4.69, 9.17) is 4.74 Å². The normalized spacial score (nSPS) is 20.3. The number of aromatic nitrogens is 2. The molecule has 1 aliphatic rings. The van der Waals surface area contributed by atoms with Gasteiger partial charge in [0.15, 0.2) is 22.7 Å². The van der Waals surface area contributed by atoms with Gasteiger partial charge in [0, 0.05) is 42.3 Å². The van der Waals surface area contributed by atoms with Crippen LogP contribution < -0.4 is 10.2 Å². The molecule has 0 saturated heterocycles. The Morgan fingerprint density at radius 2 is 2.00 bits per heavy atom. The number of carboxylic acid groups (broad SMARTS) is 1. The molecule has 168 valence electrons. The molecule has 1 fully saturated rings. The summed E-state index contributed by atoms with van der Waals surface area (Å²) in [6.07, 6.45) is 0.0199. The van der Waals surface area contributed by atoms with Crippen molar-refractivity contribution in [3.8, 4) is 5.75 Å². The number of fused-ring (bicyclic) bond motifs is 1. The molecule has 2 heterocycles. The van der Waals surface area contributed by atoms with Crippen LogP contribution in [0.25, 0.3) is 10.9 Å². The van der Waals surface area contributed by atoms with Crippen LogP contribution in [0.2, 0.25) is 0 Å². The molecular weight excluding hydrogens is 432 g/mol. The summed E-state index contributed by atoms with van der Waals surface area (Å²) >= 11 is 0. The lowest BCUT2D eigenvalue weighted by Crippen LogP contribution is -2.31. The Balaban J connectivity index is 1.89. The summed E-state index contributed by atoms with van der Waals surface area (Å²) in [5.74, 6) is -8.82. The third-order valence-corrected chi connectivity index (χ3v) is 5.87. The summed E-state index contributed by atoms with van der Waals surface area (Å²) in [7, 11) is 1.16. The van der Waals surface area contributed by atoms with Gasteiger partial charge in [-0.1, -0.05) is 6.07 Å². The van der Waals surface area contributed by atoms with E-state index in [1.807, 2.05) is 0 Å². The standard InChI is InChI=1S/C22H18F4N2O4/c1-32-20-11(2-3-13(23)18(20)24)10-4-6-22(25,26)9-12(10)15-8-16(29)17-14(28-15)5-7-27-19(17)21(30)31/h2-3,5,7-8,10,12H,4,6,9H2,1H3,(H,28,29)(H,30,31). The third-order valence-electron chi connectivity index (χ3n) is 5.87. The topological polar surface area (TPSA) is 92.3 Å². The van der Waals surface area contributed by atoms with Gasteiger partial charge in [-0.05, 0) is 24.5 Å². The fourth-order valence-electron chi connectivity index (χ4n) is 4.46. The highest BCUT2D eigenvalue weighted by Crippen LogP contribution is 2.51. The van der Waals surface area contributed by atoms with Crippen LogP contribution in [0.15, 0.2) is 35.3 Å². The predicted molar refractivity (Wildman–Crippen MR) is 107 cm³/mol. The Kier molecular flexibility index (Phi) is 5.39. The van der Waals surface area contributed by atoms with Crippen molar-refractivity contribution in [2.75, 3.05) is 7.11 Å². The molecule has 4 rings (SSSR count). The number of benzene rings is 1. The number of rotatable bonds is 4. The van der Waals surface area contributed by atoms with E-state index < -0.39 is 59.3 Å². The first-order valence-electron chi connectivity index (χ1n) is 9.78. The first kappa shape index (κ1) is 21.8. The summed E-state index contributed by atoms with van der Waals surface area (Å²) in [4.78, 5) is 30.8. The van der Waals surface area contributed by atoms with E-state index in [1.54, 1.807) is 0 Å². The number of carboxylic acids is 1. The fourth-order valence-corrected chi connectivity index (χ4v) is 4.46. The van der Waals surface area contributed by atoms with Crippen LogP contribution in [0.4, 0.5) is 17.6 Å². The van der Waals surface area contributed by atoms with Crippen LogP contribution in [0.3, 0.4) is 0 Å². The zero-order chi connectivity index (χ0) is 23.2. The number of H-pyrrole nitrogens is 1. The van der Waals surface area contributed by atoms with Gasteiger partial charge in [-0.2, -0.15) is 4.39 Å². The average Bonchev–Trinajstić information content (AvgIpc) is 2.74. The Bertz CT molecular complexity index is 1270. The van der Waals surface area contributed by atoms with Crippen LogP contribution in [0.5, 0.6) is 5.75 Å². The molecule has 10 heteroatoms. The molecule has 32 heavy (non-hydrogen) atoms. The van der Waals surface area contributed by atoms with Gasteiger partial charge in [-0.15, -0.1) is 0 Å². The first-order chi connectivity index (χ1) is 15.1. The molecule has 6 nitrogen and oxygen atoms in total. The Hall–Kier alpha value is -3.43. The lowest BCUT2D eigenvalue weighted by molar-refractivity contribution is -0.0466. The Morgan fingerprint density at radius 3 is 2.69 bits per heavy atom. The zero-order valence-electron chi connectivity index (χ0n) is 16.8. The van der Waals surface area contributed by atoms with Gasteiger partial charge in [0.1, 0.15) is 0 Å². The number of alkyl halides is 2. The quantitative estimate of drug-likeness (QED) is 0.567. The third kappa shape index (κ3) is 3.69. The lowest BCUT2D eigenvalue weighted by Gasteiger charge is -2.37. The van der Waals surface area contributed by atoms with Gasteiger partial charge in [-0.3, -0.25) is 4.79 Å².